The minimum Gasteiger partial charge on any atom is -0.481 e. The molecule has 2 atom stereocenters. The predicted octanol–water partition coefficient (Wildman–Crippen LogP) is 2.16. The van der Waals surface area contributed by atoms with Gasteiger partial charge in [0.05, 0.1) is 0 Å². The van der Waals surface area contributed by atoms with Crippen LogP contribution in [0.2, 0.25) is 0 Å². The Labute approximate surface area is 91.2 Å². The Balaban J connectivity index is 1.61. The van der Waals surface area contributed by atoms with Crippen LogP contribution in [-0.2, 0) is 4.79 Å². The van der Waals surface area contributed by atoms with E-state index in [1.54, 1.807) is 0 Å². The van der Waals surface area contributed by atoms with Gasteiger partial charge < -0.3 is 10.4 Å². The van der Waals surface area contributed by atoms with E-state index in [4.69, 9.17) is 5.11 Å². The van der Waals surface area contributed by atoms with Crippen molar-refractivity contribution in [1.82, 2.24) is 5.32 Å². The van der Waals surface area contributed by atoms with E-state index < -0.39 is 5.97 Å². The van der Waals surface area contributed by atoms with E-state index in [0.717, 1.165) is 30.8 Å². The lowest BCUT2D eigenvalue weighted by Crippen LogP contribution is -2.37. The lowest BCUT2D eigenvalue weighted by Gasteiger charge is -2.29. The first kappa shape index (κ1) is 10.9. The largest absolute Gasteiger partial charge is 0.481 e. The molecular formula is C12H21NO2. The van der Waals surface area contributed by atoms with Crippen molar-refractivity contribution < 1.29 is 9.90 Å². The van der Waals surface area contributed by atoms with Crippen LogP contribution in [0.5, 0.6) is 0 Å². The van der Waals surface area contributed by atoms with Gasteiger partial charge in [0.15, 0.2) is 0 Å². The molecule has 2 heterocycles. The highest BCUT2D eigenvalue weighted by atomic mass is 16.4. The van der Waals surface area contributed by atoms with Crippen LogP contribution < -0.4 is 5.32 Å². The van der Waals surface area contributed by atoms with Crippen LogP contribution in [0.4, 0.5) is 0 Å². The molecule has 0 saturated carbocycles. The van der Waals surface area contributed by atoms with Crippen molar-refractivity contribution in [2.45, 2.75) is 63.5 Å². The van der Waals surface area contributed by atoms with Crippen LogP contribution in [0.1, 0.15) is 51.4 Å². The van der Waals surface area contributed by atoms with Crippen LogP contribution in [-0.4, -0.2) is 23.2 Å². The maximum Gasteiger partial charge on any atom is 0.303 e. The fraction of sp³-hybridized carbons (Fsp3) is 0.917. The summed E-state index contributed by atoms with van der Waals surface area (Å²) in [4.78, 5) is 10.4. The van der Waals surface area contributed by atoms with Gasteiger partial charge in [0.1, 0.15) is 0 Å². The van der Waals surface area contributed by atoms with Crippen LogP contribution >= 0.6 is 0 Å². The highest BCUT2D eigenvalue weighted by Crippen LogP contribution is 2.33. The van der Waals surface area contributed by atoms with Gasteiger partial charge in [0.25, 0.3) is 0 Å². The Morgan fingerprint density at radius 3 is 2.47 bits per heavy atom. The molecule has 15 heavy (non-hydrogen) atoms. The smallest absolute Gasteiger partial charge is 0.303 e. The minimum absolute atomic E-state index is 0.345. The minimum atomic E-state index is -0.652. The van der Waals surface area contributed by atoms with Gasteiger partial charge >= 0.3 is 5.97 Å². The number of carboxylic acids is 1. The molecule has 2 aliphatic heterocycles. The maximum absolute atomic E-state index is 10.4. The Kier molecular flexibility index (Phi) is 3.62. The number of rotatable bonds is 5. The Morgan fingerprint density at radius 1 is 1.20 bits per heavy atom. The van der Waals surface area contributed by atoms with Gasteiger partial charge in [-0.2, -0.15) is 0 Å². The molecule has 2 fully saturated rings. The van der Waals surface area contributed by atoms with E-state index in [-0.39, 0.29) is 0 Å². The number of carbonyl (C=O) groups is 1. The van der Waals surface area contributed by atoms with Gasteiger partial charge in [-0.3, -0.25) is 4.79 Å². The molecular weight excluding hydrogens is 190 g/mol. The first-order valence-electron chi connectivity index (χ1n) is 6.22. The zero-order chi connectivity index (χ0) is 10.7. The fourth-order valence-electron chi connectivity index (χ4n) is 3.12. The predicted molar refractivity (Wildman–Crippen MR) is 58.8 cm³/mol. The molecule has 0 amide bonds. The summed E-state index contributed by atoms with van der Waals surface area (Å²) in [6.45, 7) is 0. The molecule has 2 N–H and O–H groups in total. The zero-order valence-corrected chi connectivity index (χ0v) is 9.24. The third-order valence-electron chi connectivity index (χ3n) is 3.82. The molecule has 0 radical (unpaired) electrons. The summed E-state index contributed by atoms with van der Waals surface area (Å²) in [6.07, 6.45) is 8.89. The average Bonchev–Trinajstić information content (AvgIpc) is 2.53. The third-order valence-corrected chi connectivity index (χ3v) is 3.82. The summed E-state index contributed by atoms with van der Waals surface area (Å²) in [5.74, 6) is 0.206. The van der Waals surface area contributed by atoms with Crippen molar-refractivity contribution in [3.05, 3.63) is 0 Å². The van der Waals surface area contributed by atoms with Crippen molar-refractivity contribution in [3.8, 4) is 0 Å². The first-order chi connectivity index (χ1) is 7.24. The molecule has 3 nitrogen and oxygen atoms in total. The molecule has 86 valence electrons. The molecule has 2 bridgehead atoms. The molecule has 2 rings (SSSR count). The summed E-state index contributed by atoms with van der Waals surface area (Å²) in [6, 6.07) is 1.54. The van der Waals surface area contributed by atoms with Gasteiger partial charge in [0.2, 0.25) is 0 Å². The van der Waals surface area contributed by atoms with E-state index in [2.05, 4.69) is 5.32 Å². The molecule has 0 aromatic heterocycles. The van der Waals surface area contributed by atoms with E-state index in [9.17, 15) is 4.79 Å². The van der Waals surface area contributed by atoms with Crippen molar-refractivity contribution in [2.75, 3.05) is 0 Å². The molecule has 0 spiro atoms. The summed E-state index contributed by atoms with van der Waals surface area (Å²) in [5, 5.41) is 12.2. The number of hydrogen-bond acceptors (Lipinski definition) is 2. The SMILES string of the molecule is O=C(O)CCCCC1CC2CCC(C1)N2. The molecule has 2 saturated heterocycles. The lowest BCUT2D eigenvalue weighted by atomic mass is 9.88. The summed E-state index contributed by atoms with van der Waals surface area (Å²) in [5.41, 5.74) is 0. The number of carboxylic acid groups (broad SMARTS) is 1. The van der Waals surface area contributed by atoms with Gasteiger partial charge in [-0.15, -0.1) is 0 Å². The highest BCUT2D eigenvalue weighted by molar-refractivity contribution is 5.66. The number of piperidine rings is 1. The molecule has 2 unspecified atom stereocenters. The number of fused-ring (bicyclic) bond motifs is 2. The van der Waals surface area contributed by atoms with Crippen molar-refractivity contribution in [1.29, 1.82) is 0 Å². The second-order valence-electron chi connectivity index (χ2n) is 5.11. The monoisotopic (exact) mass is 211 g/mol. The third kappa shape index (κ3) is 3.20. The Bertz CT molecular complexity index is 218. The highest BCUT2D eigenvalue weighted by Gasteiger charge is 2.32. The number of unbranched alkanes of at least 4 members (excludes halogenated alkanes) is 1. The van der Waals surface area contributed by atoms with E-state index >= 15 is 0 Å². The lowest BCUT2D eigenvalue weighted by molar-refractivity contribution is -0.137. The number of nitrogens with one attached hydrogen (secondary N) is 1. The van der Waals surface area contributed by atoms with E-state index in [0.29, 0.717) is 6.42 Å². The number of hydrogen-bond donors (Lipinski definition) is 2. The quantitative estimate of drug-likeness (QED) is 0.685. The molecule has 3 heteroatoms. The normalized spacial score (nSPS) is 34.3. The second kappa shape index (κ2) is 4.97. The second-order valence-corrected chi connectivity index (χ2v) is 5.11. The van der Waals surface area contributed by atoms with Crippen molar-refractivity contribution in [3.63, 3.8) is 0 Å². The van der Waals surface area contributed by atoms with Gasteiger partial charge in [-0.1, -0.05) is 12.8 Å². The summed E-state index contributed by atoms with van der Waals surface area (Å²) < 4.78 is 0. The van der Waals surface area contributed by atoms with E-state index in [1.807, 2.05) is 0 Å². The standard InChI is InChI=1S/C12H21NO2/c14-12(15)4-2-1-3-9-7-10-5-6-11(8-9)13-10/h9-11,13H,1-8H2,(H,14,15). The molecule has 0 aliphatic carbocycles. The number of aliphatic carboxylic acids is 1. The van der Waals surface area contributed by atoms with Crippen molar-refractivity contribution >= 4 is 5.97 Å². The van der Waals surface area contributed by atoms with Gasteiger partial charge in [0, 0.05) is 18.5 Å². The average molecular weight is 211 g/mol. The van der Waals surface area contributed by atoms with Crippen molar-refractivity contribution in [2.24, 2.45) is 5.92 Å². The van der Waals surface area contributed by atoms with Crippen LogP contribution in [0.3, 0.4) is 0 Å². The van der Waals surface area contributed by atoms with Gasteiger partial charge in [-0.25, -0.2) is 0 Å². The molecule has 0 aromatic rings. The summed E-state index contributed by atoms with van der Waals surface area (Å²) in [7, 11) is 0. The first-order valence-corrected chi connectivity index (χ1v) is 6.22. The van der Waals surface area contributed by atoms with E-state index in [1.165, 1.54) is 32.1 Å². The molecule has 0 aromatic carbocycles. The Morgan fingerprint density at radius 2 is 1.87 bits per heavy atom. The van der Waals surface area contributed by atoms with Crippen LogP contribution in [0.15, 0.2) is 0 Å². The van der Waals surface area contributed by atoms with Gasteiger partial charge in [-0.05, 0) is 38.0 Å². The molecule has 2 aliphatic rings. The fourth-order valence-corrected chi connectivity index (χ4v) is 3.12. The van der Waals surface area contributed by atoms with Crippen LogP contribution in [0, 0.1) is 5.92 Å². The summed E-state index contributed by atoms with van der Waals surface area (Å²) >= 11 is 0. The Hall–Kier alpha value is -0.570. The van der Waals surface area contributed by atoms with Crippen LogP contribution in [0.25, 0.3) is 0 Å². The zero-order valence-electron chi connectivity index (χ0n) is 9.24. The topological polar surface area (TPSA) is 49.3 Å². The maximum atomic E-state index is 10.4.